The Hall–Kier alpha value is -4.01. The van der Waals surface area contributed by atoms with Gasteiger partial charge >= 0.3 is 11.8 Å². The molecule has 0 saturated heterocycles. The van der Waals surface area contributed by atoms with Gasteiger partial charge in [-0.2, -0.15) is 13.2 Å². The molecule has 186 valence electrons. The quantitative estimate of drug-likeness (QED) is 0.325. The summed E-state index contributed by atoms with van der Waals surface area (Å²) in [6.45, 7) is 5.11. The lowest BCUT2D eigenvalue weighted by Gasteiger charge is -2.14. The molecule has 9 heteroatoms. The van der Waals surface area contributed by atoms with Crippen LogP contribution in [0.3, 0.4) is 0 Å². The van der Waals surface area contributed by atoms with Gasteiger partial charge in [-0.3, -0.25) is 4.79 Å². The third-order valence-corrected chi connectivity index (χ3v) is 5.65. The van der Waals surface area contributed by atoms with Crippen LogP contribution in [-0.2, 0) is 12.7 Å². The second-order valence-electron chi connectivity index (χ2n) is 8.78. The molecule has 0 atom stereocenters. The Morgan fingerprint density at radius 3 is 2.39 bits per heavy atom. The number of halogens is 4. The summed E-state index contributed by atoms with van der Waals surface area (Å²) >= 11 is 0. The molecule has 0 bridgehead atoms. The van der Waals surface area contributed by atoms with Crippen molar-refractivity contribution >= 4 is 16.8 Å². The minimum Gasteiger partial charge on any atom is -0.415 e. The van der Waals surface area contributed by atoms with Crippen molar-refractivity contribution < 1.29 is 26.8 Å². The molecule has 1 amide bonds. The summed E-state index contributed by atoms with van der Waals surface area (Å²) in [6.07, 6.45) is -4.53. The van der Waals surface area contributed by atoms with Crippen molar-refractivity contribution in [1.82, 2.24) is 10.3 Å². The van der Waals surface area contributed by atoms with Crippen LogP contribution in [-0.4, -0.2) is 10.9 Å². The van der Waals surface area contributed by atoms with Gasteiger partial charge < -0.3 is 9.73 Å². The van der Waals surface area contributed by atoms with Crippen molar-refractivity contribution in [1.29, 1.82) is 0 Å². The van der Waals surface area contributed by atoms with Crippen LogP contribution in [0.1, 0.15) is 52.7 Å². The average molecular weight is 498 g/mol. The molecule has 4 aromatic rings. The van der Waals surface area contributed by atoms with Crippen LogP contribution >= 0.6 is 0 Å². The van der Waals surface area contributed by atoms with E-state index in [1.165, 1.54) is 37.3 Å². The van der Waals surface area contributed by atoms with E-state index >= 15 is 0 Å². The van der Waals surface area contributed by atoms with Gasteiger partial charge in [-0.1, -0.05) is 37.6 Å². The maximum Gasteiger partial charge on any atom is 0.416 e. The van der Waals surface area contributed by atoms with E-state index in [0.29, 0.717) is 22.2 Å². The van der Waals surface area contributed by atoms with Crippen molar-refractivity contribution in [3.63, 3.8) is 0 Å². The summed E-state index contributed by atoms with van der Waals surface area (Å²) in [5.74, 6) is -1.62. The standard InChI is InChI=1S/C27H22F4N2O3/c1-14(2)21-9-8-20-22(17-4-6-19(28)7-5-17)24(36-26(35)23(20)33-21)25(34)32-13-16-10-15(3)11-18(12-16)27(29,30)31/h4-12,14H,13H2,1-3H3,(H,32,34). The molecule has 0 aliphatic heterocycles. The van der Waals surface area contributed by atoms with Gasteiger partial charge in [-0.25, -0.2) is 14.2 Å². The van der Waals surface area contributed by atoms with Crippen molar-refractivity contribution in [2.45, 2.75) is 39.4 Å². The van der Waals surface area contributed by atoms with Crippen LogP contribution in [0.5, 0.6) is 0 Å². The first-order valence-corrected chi connectivity index (χ1v) is 11.1. The number of fused-ring (bicyclic) bond motifs is 1. The van der Waals surface area contributed by atoms with Crippen molar-refractivity contribution in [3.05, 3.63) is 99.0 Å². The van der Waals surface area contributed by atoms with Gasteiger partial charge in [0.2, 0.25) is 5.76 Å². The molecule has 0 fully saturated rings. The largest absolute Gasteiger partial charge is 0.416 e. The highest BCUT2D eigenvalue weighted by Gasteiger charge is 2.31. The number of nitrogens with one attached hydrogen (secondary N) is 1. The average Bonchev–Trinajstić information content (AvgIpc) is 2.82. The Bertz CT molecular complexity index is 1510. The van der Waals surface area contributed by atoms with E-state index in [0.717, 1.165) is 12.1 Å². The second-order valence-corrected chi connectivity index (χ2v) is 8.78. The highest BCUT2D eigenvalue weighted by molar-refractivity contribution is 6.06. The van der Waals surface area contributed by atoms with Crippen LogP contribution in [0.15, 0.2) is 63.8 Å². The zero-order valence-corrected chi connectivity index (χ0v) is 19.7. The van der Waals surface area contributed by atoms with Gasteiger partial charge in [0.15, 0.2) is 5.52 Å². The van der Waals surface area contributed by atoms with Gasteiger partial charge in [0.25, 0.3) is 5.91 Å². The molecule has 4 rings (SSSR count). The fourth-order valence-corrected chi connectivity index (χ4v) is 3.92. The molecular weight excluding hydrogens is 476 g/mol. The summed E-state index contributed by atoms with van der Waals surface area (Å²) in [7, 11) is 0. The molecule has 2 aromatic heterocycles. The number of nitrogens with zero attached hydrogens (tertiary/aromatic N) is 1. The number of hydrogen-bond donors (Lipinski definition) is 1. The molecule has 0 unspecified atom stereocenters. The van der Waals surface area contributed by atoms with Crippen LogP contribution in [0.25, 0.3) is 22.0 Å². The molecule has 0 aliphatic carbocycles. The van der Waals surface area contributed by atoms with Crippen LogP contribution in [0.2, 0.25) is 0 Å². The fourth-order valence-electron chi connectivity index (χ4n) is 3.92. The topological polar surface area (TPSA) is 72.2 Å². The van der Waals surface area contributed by atoms with Gasteiger partial charge in [0, 0.05) is 23.2 Å². The fraction of sp³-hybridized carbons (Fsp3) is 0.222. The lowest BCUT2D eigenvalue weighted by atomic mass is 9.98. The van der Waals surface area contributed by atoms with Crippen molar-refractivity contribution in [2.75, 3.05) is 0 Å². The molecule has 2 aromatic carbocycles. The first kappa shape index (κ1) is 25.1. The van der Waals surface area contributed by atoms with Gasteiger partial charge in [0.05, 0.1) is 5.56 Å². The van der Waals surface area contributed by atoms with Crippen molar-refractivity contribution in [3.8, 4) is 11.1 Å². The molecule has 0 spiro atoms. The van der Waals surface area contributed by atoms with E-state index in [1.54, 1.807) is 12.1 Å². The molecular formula is C27H22F4N2O3. The predicted molar refractivity (Wildman–Crippen MR) is 127 cm³/mol. The molecule has 0 radical (unpaired) electrons. The molecule has 2 heterocycles. The zero-order chi connectivity index (χ0) is 26.2. The Morgan fingerprint density at radius 1 is 1.06 bits per heavy atom. The number of aromatic nitrogens is 1. The van der Waals surface area contributed by atoms with E-state index in [9.17, 15) is 27.2 Å². The summed E-state index contributed by atoms with van der Waals surface area (Å²) in [5.41, 5.74) is 0.245. The maximum atomic E-state index is 13.6. The summed E-state index contributed by atoms with van der Waals surface area (Å²) in [4.78, 5) is 30.3. The number of pyridine rings is 1. The second kappa shape index (κ2) is 9.56. The monoisotopic (exact) mass is 498 g/mol. The Morgan fingerprint density at radius 2 is 1.75 bits per heavy atom. The normalized spacial score (nSPS) is 11.8. The number of benzene rings is 2. The molecule has 0 aliphatic rings. The maximum absolute atomic E-state index is 13.6. The van der Waals surface area contributed by atoms with E-state index in [1.807, 2.05) is 13.8 Å². The zero-order valence-electron chi connectivity index (χ0n) is 19.7. The van der Waals surface area contributed by atoms with Gasteiger partial charge in [-0.15, -0.1) is 0 Å². The number of carbonyl (C=O) groups is 1. The van der Waals surface area contributed by atoms with Crippen LogP contribution < -0.4 is 10.9 Å². The van der Waals surface area contributed by atoms with E-state index in [4.69, 9.17) is 4.42 Å². The minimum absolute atomic E-state index is 0.0191. The van der Waals surface area contributed by atoms with Crippen LogP contribution in [0, 0.1) is 12.7 Å². The molecule has 5 nitrogen and oxygen atoms in total. The first-order chi connectivity index (χ1) is 16.9. The van der Waals surface area contributed by atoms with Crippen LogP contribution in [0.4, 0.5) is 17.6 Å². The number of carbonyl (C=O) groups excluding carboxylic acids is 1. The number of alkyl halides is 3. The third kappa shape index (κ3) is 5.15. The SMILES string of the molecule is Cc1cc(CNC(=O)c2oc(=O)c3nc(C(C)C)ccc3c2-c2ccc(F)cc2)cc(C(F)(F)F)c1. The Balaban J connectivity index is 1.79. The number of aryl methyl sites for hydroxylation is 1. The Labute approximate surface area is 203 Å². The van der Waals surface area contributed by atoms with Gasteiger partial charge in [0.1, 0.15) is 5.82 Å². The van der Waals surface area contributed by atoms with Crippen molar-refractivity contribution in [2.24, 2.45) is 0 Å². The summed E-state index contributed by atoms with van der Waals surface area (Å²) in [6, 6.07) is 12.1. The highest BCUT2D eigenvalue weighted by Crippen LogP contribution is 2.32. The van der Waals surface area contributed by atoms with Gasteiger partial charge in [-0.05, 0) is 60.4 Å². The van der Waals surface area contributed by atoms with E-state index in [2.05, 4.69) is 10.3 Å². The lowest BCUT2D eigenvalue weighted by molar-refractivity contribution is -0.137. The lowest BCUT2D eigenvalue weighted by Crippen LogP contribution is -2.25. The minimum atomic E-state index is -4.53. The molecule has 1 N–H and O–H groups in total. The number of hydrogen-bond acceptors (Lipinski definition) is 4. The highest BCUT2D eigenvalue weighted by atomic mass is 19.4. The summed E-state index contributed by atoms with van der Waals surface area (Å²) < 4.78 is 58.5. The molecule has 36 heavy (non-hydrogen) atoms. The first-order valence-electron chi connectivity index (χ1n) is 11.1. The third-order valence-electron chi connectivity index (χ3n) is 5.65. The number of rotatable bonds is 5. The predicted octanol–water partition coefficient (Wildman–Crippen LogP) is 6.37. The van der Waals surface area contributed by atoms with E-state index < -0.39 is 29.1 Å². The summed E-state index contributed by atoms with van der Waals surface area (Å²) in [5, 5.41) is 2.87. The van der Waals surface area contributed by atoms with E-state index in [-0.39, 0.29) is 34.9 Å². The molecule has 0 saturated carbocycles. The smallest absolute Gasteiger partial charge is 0.415 e. The number of amides is 1. The Kier molecular flexibility index (Phi) is 6.67.